The van der Waals surface area contributed by atoms with Crippen LogP contribution in [0.1, 0.15) is 26.2 Å². The average Bonchev–Trinajstić information content (AvgIpc) is 2.28. The zero-order valence-electron chi connectivity index (χ0n) is 10.8. The molecule has 0 aromatic heterocycles. The van der Waals surface area contributed by atoms with Crippen LogP contribution in [-0.2, 0) is 9.59 Å². The molecular formula is C12H21N3O2. The first-order valence-electron chi connectivity index (χ1n) is 6.25. The molecule has 0 saturated carbocycles. The summed E-state index contributed by atoms with van der Waals surface area (Å²) in [5.74, 6) is 0.197. The van der Waals surface area contributed by atoms with Crippen LogP contribution in [0, 0.1) is 0 Å². The number of rotatable bonds is 2. The van der Waals surface area contributed by atoms with E-state index in [-0.39, 0.29) is 29.9 Å². The fraction of sp³-hybridized carbons (Fsp3) is 0.833. The smallest absolute Gasteiger partial charge is 0.241 e. The molecule has 0 aromatic carbocycles. The molecule has 2 saturated heterocycles. The zero-order valence-corrected chi connectivity index (χ0v) is 10.8. The van der Waals surface area contributed by atoms with Gasteiger partial charge in [-0.25, -0.2) is 0 Å². The van der Waals surface area contributed by atoms with Crippen molar-refractivity contribution in [1.29, 1.82) is 0 Å². The van der Waals surface area contributed by atoms with Gasteiger partial charge in [-0.1, -0.05) is 0 Å². The number of carbonyl (C=O) groups excluding carboxylic acids is 2. The second-order valence-electron chi connectivity index (χ2n) is 5.19. The Bertz CT molecular complexity index is 330. The number of carbonyl (C=O) groups is 2. The molecule has 2 aliphatic heterocycles. The summed E-state index contributed by atoms with van der Waals surface area (Å²) in [6.07, 6.45) is 2.59. The van der Waals surface area contributed by atoms with Crippen molar-refractivity contribution in [3.05, 3.63) is 0 Å². The second kappa shape index (κ2) is 4.74. The molecule has 17 heavy (non-hydrogen) atoms. The summed E-state index contributed by atoms with van der Waals surface area (Å²) in [6, 6.07) is -0.301. The van der Waals surface area contributed by atoms with E-state index in [9.17, 15) is 9.59 Å². The Morgan fingerprint density at radius 3 is 2.65 bits per heavy atom. The summed E-state index contributed by atoms with van der Waals surface area (Å²) in [6.45, 7) is 2.41. The Morgan fingerprint density at radius 2 is 2.06 bits per heavy atom. The van der Waals surface area contributed by atoms with Gasteiger partial charge in [0, 0.05) is 0 Å². The van der Waals surface area contributed by atoms with Crippen LogP contribution in [0.4, 0.5) is 0 Å². The summed E-state index contributed by atoms with van der Waals surface area (Å²) < 4.78 is 0. The lowest BCUT2D eigenvalue weighted by Crippen LogP contribution is -2.66. The monoisotopic (exact) mass is 239 g/mol. The molecule has 0 bridgehead atoms. The van der Waals surface area contributed by atoms with Crippen molar-refractivity contribution >= 4 is 11.7 Å². The number of nitrogens with one attached hydrogen (secondary N) is 1. The number of Topliss-reactive ketones (excluding diaryl/α,β-unsaturated/α-hetero) is 1. The molecule has 96 valence electrons. The molecule has 0 aromatic rings. The van der Waals surface area contributed by atoms with Crippen LogP contribution in [0.2, 0.25) is 0 Å². The Balaban J connectivity index is 2.21. The molecule has 2 heterocycles. The van der Waals surface area contributed by atoms with E-state index in [0.717, 1.165) is 25.8 Å². The maximum absolute atomic E-state index is 12.4. The van der Waals surface area contributed by atoms with Gasteiger partial charge in [-0.3, -0.25) is 19.8 Å². The summed E-state index contributed by atoms with van der Waals surface area (Å²) in [5.41, 5.74) is 0. The first-order valence-corrected chi connectivity index (χ1v) is 6.25. The van der Waals surface area contributed by atoms with Crippen molar-refractivity contribution in [2.24, 2.45) is 0 Å². The van der Waals surface area contributed by atoms with E-state index in [0.29, 0.717) is 0 Å². The van der Waals surface area contributed by atoms with Crippen LogP contribution >= 0.6 is 0 Å². The first-order chi connectivity index (χ1) is 8.02. The maximum Gasteiger partial charge on any atom is 0.241 e. The highest BCUT2D eigenvalue weighted by molar-refractivity contribution is 5.90. The largest absolute Gasteiger partial charge is 0.316 e. The molecule has 3 unspecified atom stereocenters. The molecule has 2 fully saturated rings. The molecular weight excluding hydrogens is 218 g/mol. The Labute approximate surface area is 102 Å². The molecule has 2 rings (SSSR count). The van der Waals surface area contributed by atoms with E-state index in [1.807, 2.05) is 19.0 Å². The Morgan fingerprint density at radius 1 is 1.35 bits per heavy atom. The Kier molecular flexibility index (Phi) is 3.49. The number of likely N-dealkylation sites (N-methyl/N-ethyl adjacent to an activating group) is 1. The van der Waals surface area contributed by atoms with E-state index >= 15 is 0 Å². The van der Waals surface area contributed by atoms with E-state index < -0.39 is 0 Å². The van der Waals surface area contributed by atoms with Crippen LogP contribution < -0.4 is 5.32 Å². The summed E-state index contributed by atoms with van der Waals surface area (Å²) in [4.78, 5) is 27.8. The van der Waals surface area contributed by atoms with Crippen molar-refractivity contribution in [3.63, 3.8) is 0 Å². The number of nitrogens with zero attached hydrogens (tertiary/aromatic N) is 2. The van der Waals surface area contributed by atoms with Gasteiger partial charge in [-0.15, -0.1) is 0 Å². The fourth-order valence-corrected chi connectivity index (χ4v) is 2.88. The van der Waals surface area contributed by atoms with Gasteiger partial charge >= 0.3 is 0 Å². The maximum atomic E-state index is 12.4. The SMILES string of the molecule is CC(=O)C1CCNC2CCC(N(C)C)C(=O)N21. The van der Waals surface area contributed by atoms with Crippen LogP contribution in [0.15, 0.2) is 0 Å². The van der Waals surface area contributed by atoms with Gasteiger partial charge in [-0.2, -0.15) is 0 Å². The topological polar surface area (TPSA) is 52.7 Å². The number of ketones is 1. The van der Waals surface area contributed by atoms with Gasteiger partial charge in [0.2, 0.25) is 5.91 Å². The fourth-order valence-electron chi connectivity index (χ4n) is 2.88. The third kappa shape index (κ3) is 2.21. The lowest BCUT2D eigenvalue weighted by atomic mass is 9.94. The number of piperidine rings is 1. The average molecular weight is 239 g/mol. The van der Waals surface area contributed by atoms with Crippen molar-refractivity contribution in [2.75, 3.05) is 20.6 Å². The van der Waals surface area contributed by atoms with Gasteiger partial charge in [0.05, 0.1) is 18.2 Å². The summed E-state index contributed by atoms with van der Waals surface area (Å²) in [5, 5.41) is 3.33. The van der Waals surface area contributed by atoms with E-state index in [4.69, 9.17) is 0 Å². The van der Waals surface area contributed by atoms with E-state index in [1.54, 1.807) is 11.8 Å². The molecule has 0 radical (unpaired) electrons. The molecule has 0 spiro atoms. The third-order valence-corrected chi connectivity index (χ3v) is 3.81. The highest BCUT2D eigenvalue weighted by Gasteiger charge is 2.43. The minimum absolute atomic E-state index is 0.0568. The van der Waals surface area contributed by atoms with Gasteiger partial charge in [0.25, 0.3) is 0 Å². The quantitative estimate of drug-likeness (QED) is 0.726. The lowest BCUT2D eigenvalue weighted by molar-refractivity contribution is -0.153. The lowest BCUT2D eigenvalue weighted by Gasteiger charge is -2.47. The second-order valence-corrected chi connectivity index (χ2v) is 5.19. The predicted molar refractivity (Wildman–Crippen MR) is 64.4 cm³/mol. The van der Waals surface area contributed by atoms with Crippen molar-refractivity contribution in [3.8, 4) is 0 Å². The standard InChI is InChI=1S/C12H21N3O2/c1-8(16)9-6-7-13-11-5-4-10(14(2)3)12(17)15(9)11/h9-11,13H,4-7H2,1-3H3. The van der Waals surface area contributed by atoms with Crippen molar-refractivity contribution in [2.45, 2.75) is 44.4 Å². The minimum atomic E-state index is -0.225. The highest BCUT2D eigenvalue weighted by atomic mass is 16.2. The van der Waals surface area contributed by atoms with Gasteiger partial charge < -0.3 is 4.90 Å². The summed E-state index contributed by atoms with van der Waals surface area (Å²) >= 11 is 0. The van der Waals surface area contributed by atoms with Gasteiger partial charge in [0.1, 0.15) is 0 Å². The number of fused-ring (bicyclic) bond motifs is 1. The molecule has 1 N–H and O–H groups in total. The van der Waals surface area contributed by atoms with Crippen LogP contribution in [0.3, 0.4) is 0 Å². The highest BCUT2D eigenvalue weighted by Crippen LogP contribution is 2.26. The minimum Gasteiger partial charge on any atom is -0.316 e. The molecule has 2 aliphatic rings. The third-order valence-electron chi connectivity index (χ3n) is 3.81. The number of amides is 1. The molecule has 5 nitrogen and oxygen atoms in total. The zero-order chi connectivity index (χ0) is 12.6. The van der Waals surface area contributed by atoms with E-state index in [1.165, 1.54) is 0 Å². The predicted octanol–water partition coefficient (Wildman–Crippen LogP) is -0.184. The first kappa shape index (κ1) is 12.5. The van der Waals surface area contributed by atoms with Crippen LogP contribution in [0.5, 0.6) is 0 Å². The van der Waals surface area contributed by atoms with Crippen molar-refractivity contribution < 1.29 is 9.59 Å². The van der Waals surface area contributed by atoms with Gasteiger partial charge in [-0.05, 0) is 46.8 Å². The summed E-state index contributed by atoms with van der Waals surface area (Å²) in [7, 11) is 3.84. The van der Waals surface area contributed by atoms with Crippen LogP contribution in [0.25, 0.3) is 0 Å². The van der Waals surface area contributed by atoms with Crippen molar-refractivity contribution in [1.82, 2.24) is 15.1 Å². The van der Waals surface area contributed by atoms with Crippen LogP contribution in [-0.4, -0.2) is 60.4 Å². The number of hydrogen-bond donors (Lipinski definition) is 1. The molecule has 0 aliphatic carbocycles. The molecule has 1 amide bonds. The van der Waals surface area contributed by atoms with E-state index in [2.05, 4.69) is 5.32 Å². The Hall–Kier alpha value is -0.940. The molecule has 3 atom stereocenters. The number of hydrogen-bond acceptors (Lipinski definition) is 4. The van der Waals surface area contributed by atoms with Gasteiger partial charge in [0.15, 0.2) is 5.78 Å². The normalized spacial score (nSPS) is 33.8. The molecule has 5 heteroatoms.